The second-order valence-corrected chi connectivity index (χ2v) is 7.72. The lowest BCUT2D eigenvalue weighted by Crippen LogP contribution is -2.44. The highest BCUT2D eigenvalue weighted by Crippen LogP contribution is 2.10. The molecule has 8 nitrogen and oxygen atoms in total. The lowest BCUT2D eigenvalue weighted by atomic mass is 10.2. The van der Waals surface area contributed by atoms with Crippen LogP contribution < -0.4 is 16.0 Å². The van der Waals surface area contributed by atoms with Gasteiger partial charge in [0, 0.05) is 11.6 Å². The van der Waals surface area contributed by atoms with Crippen LogP contribution in [0.25, 0.3) is 0 Å². The van der Waals surface area contributed by atoms with E-state index in [9.17, 15) is 22.8 Å². The lowest BCUT2D eigenvalue weighted by Gasteiger charge is -2.11. The Balaban J connectivity index is 1.66. The molecule has 1 heterocycles. The second kappa shape index (κ2) is 7.91. The van der Waals surface area contributed by atoms with E-state index in [0.717, 1.165) is 0 Å². The number of hydrogen-bond donors (Lipinski definition) is 3. The van der Waals surface area contributed by atoms with Gasteiger partial charge in [-0.05, 0) is 18.6 Å². The van der Waals surface area contributed by atoms with Gasteiger partial charge >= 0.3 is 0 Å². The molecule has 0 aliphatic carbocycles. The number of hydrogen-bond acceptors (Lipinski definition) is 5. The third-order valence-corrected chi connectivity index (χ3v) is 5.26. The van der Waals surface area contributed by atoms with E-state index < -0.39 is 27.7 Å². The first-order valence-electron chi connectivity index (χ1n) is 7.45. The van der Waals surface area contributed by atoms with Gasteiger partial charge in [0.1, 0.15) is 0 Å². The van der Waals surface area contributed by atoms with Crippen molar-refractivity contribution in [1.29, 1.82) is 0 Å². The minimum absolute atomic E-state index is 0.0653. The van der Waals surface area contributed by atoms with Crippen LogP contribution in [0.3, 0.4) is 0 Å². The topological polar surface area (TPSA) is 121 Å². The molecule has 1 unspecified atom stereocenters. The standard InChI is InChI=1S/C15H19N3O5S/c19-13(8-17-15(21)11-4-2-1-3-5-11)16-9-14(20)18-12-6-7-24(22,23)10-12/h1-5,12H,6-10H2,(H,16,19)(H,17,21)(H,18,20). The molecular formula is C15H19N3O5S. The predicted molar refractivity (Wildman–Crippen MR) is 87.0 cm³/mol. The maximum atomic E-state index is 11.8. The van der Waals surface area contributed by atoms with Crippen LogP contribution in [0.15, 0.2) is 30.3 Å². The van der Waals surface area contributed by atoms with Crippen molar-refractivity contribution in [1.82, 2.24) is 16.0 Å². The summed E-state index contributed by atoms with van der Waals surface area (Å²) in [5, 5.41) is 7.37. The molecule has 1 atom stereocenters. The predicted octanol–water partition coefficient (Wildman–Crippen LogP) is -1.16. The Bertz CT molecular complexity index is 718. The van der Waals surface area contributed by atoms with Gasteiger partial charge in [0.15, 0.2) is 9.84 Å². The van der Waals surface area contributed by atoms with Crippen molar-refractivity contribution in [3.8, 4) is 0 Å². The van der Waals surface area contributed by atoms with E-state index >= 15 is 0 Å². The molecule has 9 heteroatoms. The van der Waals surface area contributed by atoms with Crippen molar-refractivity contribution in [3.05, 3.63) is 35.9 Å². The number of carbonyl (C=O) groups is 3. The van der Waals surface area contributed by atoms with Crippen molar-refractivity contribution < 1.29 is 22.8 Å². The minimum atomic E-state index is -3.07. The Kier molecular flexibility index (Phi) is 5.91. The quantitative estimate of drug-likeness (QED) is 0.595. The molecule has 1 fully saturated rings. The van der Waals surface area contributed by atoms with Crippen LogP contribution in [-0.4, -0.2) is 56.8 Å². The number of sulfone groups is 1. The summed E-state index contributed by atoms with van der Waals surface area (Å²) in [6.07, 6.45) is 0.384. The minimum Gasteiger partial charge on any atom is -0.351 e. The average Bonchev–Trinajstić information content (AvgIpc) is 2.90. The Morgan fingerprint density at radius 2 is 1.67 bits per heavy atom. The molecule has 0 radical (unpaired) electrons. The first-order chi connectivity index (χ1) is 11.4. The van der Waals surface area contributed by atoms with Crippen LogP contribution in [0.1, 0.15) is 16.8 Å². The molecule has 130 valence electrons. The summed E-state index contributed by atoms with van der Waals surface area (Å²) in [6, 6.07) is 8.03. The van der Waals surface area contributed by atoms with Crippen LogP contribution >= 0.6 is 0 Å². The maximum Gasteiger partial charge on any atom is 0.251 e. The van der Waals surface area contributed by atoms with Crippen LogP contribution in [-0.2, 0) is 19.4 Å². The molecule has 1 aromatic rings. The summed E-state index contributed by atoms with van der Waals surface area (Å²) in [4.78, 5) is 35.0. The summed E-state index contributed by atoms with van der Waals surface area (Å²) in [7, 11) is -3.07. The molecule has 0 saturated carbocycles. The molecule has 1 aliphatic rings. The molecule has 0 spiro atoms. The Morgan fingerprint density at radius 3 is 2.29 bits per heavy atom. The first kappa shape index (κ1) is 17.9. The van der Waals surface area contributed by atoms with Crippen molar-refractivity contribution in [2.24, 2.45) is 0 Å². The van der Waals surface area contributed by atoms with E-state index in [4.69, 9.17) is 0 Å². The van der Waals surface area contributed by atoms with E-state index in [-0.39, 0.29) is 30.5 Å². The van der Waals surface area contributed by atoms with Crippen molar-refractivity contribution in [3.63, 3.8) is 0 Å². The van der Waals surface area contributed by atoms with Gasteiger partial charge in [-0.2, -0.15) is 0 Å². The van der Waals surface area contributed by atoms with Gasteiger partial charge in [-0.25, -0.2) is 8.42 Å². The highest BCUT2D eigenvalue weighted by molar-refractivity contribution is 7.91. The van der Waals surface area contributed by atoms with Crippen LogP contribution in [0.5, 0.6) is 0 Å². The highest BCUT2D eigenvalue weighted by Gasteiger charge is 2.28. The molecule has 1 aliphatic heterocycles. The molecule has 24 heavy (non-hydrogen) atoms. The number of amides is 3. The molecule has 0 aromatic heterocycles. The zero-order chi connectivity index (χ0) is 17.6. The van der Waals surface area contributed by atoms with Crippen molar-refractivity contribution in [2.45, 2.75) is 12.5 Å². The molecule has 3 amide bonds. The lowest BCUT2D eigenvalue weighted by molar-refractivity contribution is -0.125. The number of carbonyl (C=O) groups excluding carboxylic acids is 3. The first-order valence-corrected chi connectivity index (χ1v) is 9.27. The summed E-state index contributed by atoms with van der Waals surface area (Å²) >= 11 is 0. The van der Waals surface area contributed by atoms with Crippen LogP contribution in [0, 0.1) is 0 Å². The van der Waals surface area contributed by atoms with Gasteiger partial charge < -0.3 is 16.0 Å². The van der Waals surface area contributed by atoms with E-state index in [0.29, 0.717) is 12.0 Å². The fraction of sp³-hybridized carbons (Fsp3) is 0.400. The fourth-order valence-corrected chi connectivity index (χ4v) is 3.95. The molecule has 2 rings (SSSR count). The monoisotopic (exact) mass is 353 g/mol. The summed E-state index contributed by atoms with van der Waals surface area (Å²) < 4.78 is 22.6. The number of rotatable bonds is 6. The summed E-state index contributed by atoms with van der Waals surface area (Å²) in [5.41, 5.74) is 0.436. The average molecular weight is 353 g/mol. The largest absolute Gasteiger partial charge is 0.351 e. The molecule has 1 saturated heterocycles. The third-order valence-electron chi connectivity index (χ3n) is 3.49. The summed E-state index contributed by atoms with van der Waals surface area (Å²) in [6.45, 7) is -0.518. The van der Waals surface area contributed by atoms with E-state index in [1.165, 1.54) is 0 Å². The van der Waals surface area contributed by atoms with Gasteiger partial charge in [-0.3, -0.25) is 14.4 Å². The Morgan fingerprint density at radius 1 is 1.00 bits per heavy atom. The highest BCUT2D eigenvalue weighted by atomic mass is 32.2. The number of benzene rings is 1. The van der Waals surface area contributed by atoms with Gasteiger partial charge in [0.25, 0.3) is 5.91 Å². The second-order valence-electron chi connectivity index (χ2n) is 5.49. The molecule has 1 aromatic carbocycles. The van der Waals surface area contributed by atoms with Crippen molar-refractivity contribution in [2.75, 3.05) is 24.6 Å². The van der Waals surface area contributed by atoms with Crippen molar-refractivity contribution >= 4 is 27.6 Å². The summed E-state index contributed by atoms with van der Waals surface area (Å²) in [5.74, 6) is -1.35. The van der Waals surface area contributed by atoms with Gasteiger partial charge in [0.05, 0.1) is 24.6 Å². The van der Waals surface area contributed by atoms with Gasteiger partial charge in [-0.15, -0.1) is 0 Å². The van der Waals surface area contributed by atoms with Gasteiger partial charge in [0.2, 0.25) is 11.8 Å². The third kappa shape index (κ3) is 5.65. The van der Waals surface area contributed by atoms with E-state index in [2.05, 4.69) is 16.0 Å². The normalized spacial score (nSPS) is 18.6. The van der Waals surface area contributed by atoms with Crippen LogP contribution in [0.4, 0.5) is 0 Å². The van der Waals surface area contributed by atoms with E-state index in [1.54, 1.807) is 30.3 Å². The number of nitrogens with one attached hydrogen (secondary N) is 3. The fourth-order valence-electron chi connectivity index (χ4n) is 2.28. The van der Waals surface area contributed by atoms with Gasteiger partial charge in [-0.1, -0.05) is 18.2 Å². The molecule has 0 bridgehead atoms. The zero-order valence-electron chi connectivity index (χ0n) is 12.9. The molecule has 3 N–H and O–H groups in total. The molecular weight excluding hydrogens is 334 g/mol. The smallest absolute Gasteiger partial charge is 0.251 e. The van der Waals surface area contributed by atoms with E-state index in [1.807, 2.05) is 0 Å². The van der Waals surface area contributed by atoms with Crippen LogP contribution in [0.2, 0.25) is 0 Å². The SMILES string of the molecule is O=C(CNC(=O)c1ccccc1)NCC(=O)NC1CCS(=O)(=O)C1. The Hall–Kier alpha value is -2.42. The maximum absolute atomic E-state index is 11.8. The zero-order valence-corrected chi connectivity index (χ0v) is 13.8. The Labute approximate surface area is 139 Å².